The molecule has 0 saturated heterocycles. The van der Waals surface area contributed by atoms with Gasteiger partial charge in [-0.05, 0) is 55.0 Å². The van der Waals surface area contributed by atoms with E-state index in [0.29, 0.717) is 6.04 Å². The Hall–Kier alpha value is -1.25. The SMILES string of the molecule is CSCCCCNC(C)c1ccc(-c2ccccc2)cc1. The fraction of sp³-hybridized carbons (Fsp3) is 0.368. The van der Waals surface area contributed by atoms with E-state index in [2.05, 4.69) is 73.1 Å². The summed E-state index contributed by atoms with van der Waals surface area (Å²) in [4.78, 5) is 0. The van der Waals surface area contributed by atoms with E-state index >= 15 is 0 Å². The summed E-state index contributed by atoms with van der Waals surface area (Å²) < 4.78 is 0. The van der Waals surface area contributed by atoms with Crippen molar-refractivity contribution in [1.29, 1.82) is 0 Å². The van der Waals surface area contributed by atoms with Gasteiger partial charge < -0.3 is 5.32 Å². The third kappa shape index (κ3) is 5.22. The van der Waals surface area contributed by atoms with Crippen LogP contribution in [0.1, 0.15) is 31.4 Å². The highest BCUT2D eigenvalue weighted by Crippen LogP contribution is 2.21. The van der Waals surface area contributed by atoms with E-state index in [-0.39, 0.29) is 0 Å². The Morgan fingerprint density at radius 2 is 1.57 bits per heavy atom. The molecular formula is C19H25NS. The molecule has 1 atom stereocenters. The highest BCUT2D eigenvalue weighted by molar-refractivity contribution is 7.98. The Balaban J connectivity index is 1.87. The lowest BCUT2D eigenvalue weighted by Crippen LogP contribution is -2.19. The van der Waals surface area contributed by atoms with Crippen LogP contribution in [0.15, 0.2) is 54.6 Å². The zero-order valence-corrected chi connectivity index (χ0v) is 13.8. The maximum absolute atomic E-state index is 3.61. The summed E-state index contributed by atoms with van der Waals surface area (Å²) in [5.74, 6) is 1.27. The van der Waals surface area contributed by atoms with E-state index < -0.39 is 0 Å². The van der Waals surface area contributed by atoms with Gasteiger partial charge in [-0.25, -0.2) is 0 Å². The quantitative estimate of drug-likeness (QED) is 0.677. The number of thioether (sulfide) groups is 1. The van der Waals surface area contributed by atoms with Gasteiger partial charge >= 0.3 is 0 Å². The highest BCUT2D eigenvalue weighted by atomic mass is 32.2. The van der Waals surface area contributed by atoms with Gasteiger partial charge in [0.25, 0.3) is 0 Å². The lowest BCUT2D eigenvalue weighted by atomic mass is 10.0. The van der Waals surface area contributed by atoms with Crippen molar-refractivity contribution in [3.8, 4) is 11.1 Å². The summed E-state index contributed by atoms with van der Waals surface area (Å²) in [5.41, 5.74) is 3.92. The first kappa shape index (κ1) is 16.1. The number of unbranched alkanes of at least 4 members (excludes halogenated alkanes) is 1. The largest absolute Gasteiger partial charge is 0.310 e. The molecule has 0 heterocycles. The zero-order chi connectivity index (χ0) is 14.9. The molecule has 2 heteroatoms. The van der Waals surface area contributed by atoms with Crippen molar-refractivity contribution in [2.24, 2.45) is 0 Å². The summed E-state index contributed by atoms with van der Waals surface area (Å²) in [7, 11) is 0. The second kappa shape index (κ2) is 8.91. The van der Waals surface area contributed by atoms with E-state index in [1.807, 2.05) is 11.8 Å². The topological polar surface area (TPSA) is 12.0 Å². The maximum atomic E-state index is 3.61. The van der Waals surface area contributed by atoms with Crippen molar-refractivity contribution in [2.45, 2.75) is 25.8 Å². The first-order chi connectivity index (χ1) is 10.3. The molecule has 0 aromatic heterocycles. The normalized spacial score (nSPS) is 12.3. The Bertz CT molecular complexity index is 507. The van der Waals surface area contributed by atoms with Gasteiger partial charge in [-0.15, -0.1) is 0 Å². The minimum atomic E-state index is 0.420. The number of hydrogen-bond acceptors (Lipinski definition) is 2. The molecule has 1 nitrogen and oxygen atoms in total. The van der Waals surface area contributed by atoms with Crippen LogP contribution in [0.4, 0.5) is 0 Å². The first-order valence-corrected chi connectivity index (χ1v) is 9.08. The molecule has 2 aromatic rings. The average molecular weight is 299 g/mol. The molecule has 0 saturated carbocycles. The minimum Gasteiger partial charge on any atom is -0.310 e. The van der Waals surface area contributed by atoms with Crippen LogP contribution in [-0.4, -0.2) is 18.6 Å². The van der Waals surface area contributed by atoms with Crippen LogP contribution >= 0.6 is 11.8 Å². The Labute approximate surface area is 133 Å². The van der Waals surface area contributed by atoms with Crippen LogP contribution in [-0.2, 0) is 0 Å². The molecule has 0 aliphatic carbocycles. The van der Waals surface area contributed by atoms with Crippen molar-refractivity contribution in [3.63, 3.8) is 0 Å². The monoisotopic (exact) mass is 299 g/mol. The van der Waals surface area contributed by atoms with Crippen LogP contribution in [0.2, 0.25) is 0 Å². The maximum Gasteiger partial charge on any atom is 0.0291 e. The van der Waals surface area contributed by atoms with Crippen LogP contribution < -0.4 is 5.32 Å². The second-order valence-electron chi connectivity index (χ2n) is 5.36. The molecule has 0 bridgehead atoms. The fourth-order valence-corrected chi connectivity index (χ4v) is 2.90. The van der Waals surface area contributed by atoms with Gasteiger partial charge in [0, 0.05) is 6.04 Å². The Morgan fingerprint density at radius 1 is 0.905 bits per heavy atom. The number of nitrogens with one attached hydrogen (secondary N) is 1. The molecule has 0 spiro atoms. The van der Waals surface area contributed by atoms with Crippen molar-refractivity contribution >= 4 is 11.8 Å². The van der Waals surface area contributed by atoms with Gasteiger partial charge in [0.15, 0.2) is 0 Å². The first-order valence-electron chi connectivity index (χ1n) is 7.69. The molecular weight excluding hydrogens is 274 g/mol. The Morgan fingerprint density at radius 3 is 2.24 bits per heavy atom. The van der Waals surface area contributed by atoms with Crippen molar-refractivity contribution in [3.05, 3.63) is 60.2 Å². The number of hydrogen-bond donors (Lipinski definition) is 1. The van der Waals surface area contributed by atoms with E-state index in [1.54, 1.807) is 0 Å². The zero-order valence-electron chi connectivity index (χ0n) is 13.0. The Kier molecular flexibility index (Phi) is 6.84. The molecule has 2 rings (SSSR count). The molecule has 1 N–H and O–H groups in total. The van der Waals surface area contributed by atoms with Gasteiger partial charge in [-0.1, -0.05) is 54.6 Å². The summed E-state index contributed by atoms with van der Waals surface area (Å²) >= 11 is 1.93. The van der Waals surface area contributed by atoms with E-state index in [0.717, 1.165) is 6.54 Å². The van der Waals surface area contributed by atoms with Gasteiger partial charge in [0.2, 0.25) is 0 Å². The summed E-state index contributed by atoms with van der Waals surface area (Å²) in [6, 6.07) is 19.9. The smallest absolute Gasteiger partial charge is 0.0291 e. The predicted octanol–water partition coefficient (Wildman–Crippen LogP) is 5.15. The van der Waals surface area contributed by atoms with Crippen molar-refractivity contribution < 1.29 is 0 Å². The highest BCUT2D eigenvalue weighted by Gasteiger charge is 2.04. The predicted molar refractivity (Wildman–Crippen MR) is 95.9 cm³/mol. The molecule has 0 fully saturated rings. The molecule has 0 radical (unpaired) electrons. The summed E-state index contributed by atoms with van der Waals surface area (Å²) in [6.45, 7) is 3.34. The molecule has 21 heavy (non-hydrogen) atoms. The van der Waals surface area contributed by atoms with Crippen LogP contribution in [0.25, 0.3) is 11.1 Å². The summed E-state index contributed by atoms with van der Waals surface area (Å²) in [5, 5.41) is 3.61. The van der Waals surface area contributed by atoms with Gasteiger partial charge in [0.05, 0.1) is 0 Å². The van der Waals surface area contributed by atoms with Crippen LogP contribution in [0.5, 0.6) is 0 Å². The third-order valence-electron chi connectivity index (χ3n) is 3.74. The van der Waals surface area contributed by atoms with E-state index in [4.69, 9.17) is 0 Å². The third-order valence-corrected chi connectivity index (χ3v) is 4.44. The lowest BCUT2D eigenvalue weighted by molar-refractivity contribution is 0.556. The number of rotatable bonds is 8. The van der Waals surface area contributed by atoms with Crippen molar-refractivity contribution in [1.82, 2.24) is 5.32 Å². The van der Waals surface area contributed by atoms with Crippen LogP contribution in [0, 0.1) is 0 Å². The van der Waals surface area contributed by atoms with Gasteiger partial charge in [0.1, 0.15) is 0 Å². The minimum absolute atomic E-state index is 0.420. The lowest BCUT2D eigenvalue weighted by Gasteiger charge is -2.14. The second-order valence-corrected chi connectivity index (χ2v) is 6.35. The van der Waals surface area contributed by atoms with E-state index in [1.165, 1.54) is 35.3 Å². The van der Waals surface area contributed by atoms with Crippen molar-refractivity contribution in [2.75, 3.05) is 18.6 Å². The summed E-state index contributed by atoms with van der Waals surface area (Å²) in [6.07, 6.45) is 4.73. The molecule has 2 aromatic carbocycles. The van der Waals surface area contributed by atoms with Gasteiger partial charge in [-0.3, -0.25) is 0 Å². The van der Waals surface area contributed by atoms with Gasteiger partial charge in [-0.2, -0.15) is 11.8 Å². The molecule has 0 aliphatic rings. The van der Waals surface area contributed by atoms with Crippen LogP contribution in [0.3, 0.4) is 0 Å². The standard InChI is InChI=1S/C19H25NS/c1-16(20-14-6-7-15-21-2)17-10-12-19(13-11-17)18-8-4-3-5-9-18/h3-5,8-13,16,20H,6-7,14-15H2,1-2H3. The molecule has 0 aliphatic heterocycles. The number of benzene rings is 2. The molecule has 1 unspecified atom stereocenters. The average Bonchev–Trinajstić information content (AvgIpc) is 2.55. The molecule has 0 amide bonds. The fourth-order valence-electron chi connectivity index (χ4n) is 2.40. The molecule has 112 valence electrons. The van der Waals surface area contributed by atoms with E-state index in [9.17, 15) is 0 Å².